The minimum absolute atomic E-state index is 0.222. The van der Waals surface area contributed by atoms with Crippen molar-refractivity contribution in [2.75, 3.05) is 0 Å². The zero-order chi connectivity index (χ0) is 21.5. The molecule has 0 radical (unpaired) electrons. The molecule has 4 rings (SSSR count). The van der Waals surface area contributed by atoms with E-state index in [1.807, 2.05) is 47.6 Å². The van der Waals surface area contributed by atoms with Crippen molar-refractivity contribution in [1.82, 2.24) is 0 Å². The van der Waals surface area contributed by atoms with Crippen LogP contribution in [0.4, 0.5) is 17.6 Å². The van der Waals surface area contributed by atoms with Gasteiger partial charge in [0.2, 0.25) is 0 Å². The molecule has 158 valence electrons. The van der Waals surface area contributed by atoms with Gasteiger partial charge in [-0.15, -0.1) is 0 Å². The summed E-state index contributed by atoms with van der Waals surface area (Å²) in [5.74, 6) is -8.54. The zero-order valence-corrected chi connectivity index (χ0v) is 17.8. The van der Waals surface area contributed by atoms with Crippen LogP contribution in [0.1, 0.15) is 52.7 Å². The van der Waals surface area contributed by atoms with Gasteiger partial charge in [0.05, 0.1) is 0 Å². The third-order valence-electron chi connectivity index (χ3n) is 4.83. The van der Waals surface area contributed by atoms with Crippen molar-refractivity contribution in [1.29, 1.82) is 0 Å². The van der Waals surface area contributed by atoms with Crippen LogP contribution in [0.5, 0.6) is 23.0 Å². The van der Waals surface area contributed by atoms with E-state index in [-0.39, 0.29) is 10.8 Å². The monoisotopic (exact) mass is 432 g/mol. The Morgan fingerprint density at radius 2 is 1.10 bits per heavy atom. The normalized spacial score (nSPS) is 17.7. The number of halogens is 4. The van der Waals surface area contributed by atoms with Gasteiger partial charge >= 0.3 is 166 Å². The van der Waals surface area contributed by atoms with Gasteiger partial charge in [0.15, 0.2) is 0 Å². The summed E-state index contributed by atoms with van der Waals surface area (Å²) in [4.78, 5) is 0. The van der Waals surface area contributed by atoms with Crippen LogP contribution in [-0.4, -0.2) is 0 Å². The molecule has 1 spiro atoms. The van der Waals surface area contributed by atoms with Crippen LogP contribution in [0.3, 0.4) is 0 Å². The summed E-state index contributed by atoms with van der Waals surface area (Å²) in [6.07, 6.45) is 0. The predicted molar refractivity (Wildman–Crippen MR) is 101 cm³/mol. The van der Waals surface area contributed by atoms with Crippen LogP contribution in [0.15, 0.2) is 12.1 Å². The fraction of sp³-hybridized carbons (Fsp3) is 0.400. The first-order valence-corrected chi connectivity index (χ1v) is 10.7. The van der Waals surface area contributed by atoms with Crippen molar-refractivity contribution in [2.24, 2.45) is 0 Å². The van der Waals surface area contributed by atoms with E-state index in [9.17, 15) is 17.6 Å². The van der Waals surface area contributed by atoms with Gasteiger partial charge in [0.1, 0.15) is 0 Å². The van der Waals surface area contributed by atoms with Gasteiger partial charge in [-0.1, -0.05) is 0 Å². The molecule has 4 nitrogen and oxygen atoms in total. The van der Waals surface area contributed by atoms with Crippen LogP contribution >= 0.6 is 8.17 Å². The van der Waals surface area contributed by atoms with E-state index < -0.39 is 42.9 Å². The van der Waals surface area contributed by atoms with Crippen LogP contribution in [0, 0.1) is 23.3 Å². The molecule has 0 bridgehead atoms. The van der Waals surface area contributed by atoms with Gasteiger partial charge in [-0.05, 0) is 0 Å². The summed E-state index contributed by atoms with van der Waals surface area (Å²) in [7, 11) is -4.19. The standard InChI is InChI=1S/C20H21F4O4P/c1-19(2,3)9-7-10(20(4,5)6)16-11(8-9)25-29(26-16)27-17-14(23)12(21)13(22)15(24)18(17)28-29/h7-8,29H,1-6H3. The van der Waals surface area contributed by atoms with Gasteiger partial charge in [-0.2, -0.15) is 0 Å². The second-order valence-corrected chi connectivity index (χ2v) is 11.0. The molecule has 2 aromatic carbocycles. The molecule has 2 aromatic rings. The molecular formula is C20H21F4O4P. The molecule has 0 aromatic heterocycles. The Kier molecular flexibility index (Phi) is 4.09. The third-order valence-corrected chi connectivity index (χ3v) is 6.66. The fourth-order valence-electron chi connectivity index (χ4n) is 3.18. The molecule has 0 fully saturated rings. The Balaban J connectivity index is 1.82. The number of rotatable bonds is 0. The topological polar surface area (TPSA) is 36.9 Å². The van der Waals surface area contributed by atoms with Crippen molar-refractivity contribution < 1.29 is 35.7 Å². The molecule has 0 unspecified atom stereocenters. The minimum atomic E-state index is -4.19. The number of hydrogen-bond donors (Lipinski definition) is 0. The predicted octanol–water partition coefficient (Wildman–Crippen LogP) is 6.49. The van der Waals surface area contributed by atoms with Crippen molar-refractivity contribution >= 4 is 8.17 Å². The number of hydrogen-bond acceptors (Lipinski definition) is 4. The summed E-state index contributed by atoms with van der Waals surface area (Å²) in [6.45, 7) is 12.0. The summed E-state index contributed by atoms with van der Waals surface area (Å²) >= 11 is 0. The first-order valence-electron chi connectivity index (χ1n) is 9.04. The van der Waals surface area contributed by atoms with Gasteiger partial charge in [0, 0.05) is 0 Å². The van der Waals surface area contributed by atoms with E-state index in [0.29, 0.717) is 11.5 Å². The quantitative estimate of drug-likeness (QED) is 0.206. The van der Waals surface area contributed by atoms with Gasteiger partial charge < -0.3 is 0 Å². The first-order chi connectivity index (χ1) is 13.2. The van der Waals surface area contributed by atoms with Gasteiger partial charge in [-0.3, -0.25) is 0 Å². The fourth-order valence-corrected chi connectivity index (χ4v) is 5.18. The van der Waals surface area contributed by atoms with E-state index >= 15 is 0 Å². The second-order valence-electron chi connectivity index (χ2n) is 9.17. The maximum absolute atomic E-state index is 14.1. The average Bonchev–Trinajstić information content (AvgIpc) is 3.15. The third kappa shape index (κ3) is 3.00. The van der Waals surface area contributed by atoms with Crippen molar-refractivity contribution in [3.8, 4) is 23.0 Å². The molecule has 0 atom stereocenters. The molecule has 0 N–H and O–H groups in total. The molecule has 2 heterocycles. The Morgan fingerprint density at radius 3 is 1.55 bits per heavy atom. The van der Waals surface area contributed by atoms with Gasteiger partial charge in [-0.25, -0.2) is 0 Å². The molecule has 9 heteroatoms. The zero-order valence-electron chi connectivity index (χ0n) is 16.8. The summed E-state index contributed by atoms with van der Waals surface area (Å²) in [5.41, 5.74) is 1.14. The summed E-state index contributed by atoms with van der Waals surface area (Å²) in [5, 5.41) is 0. The Morgan fingerprint density at radius 1 is 0.621 bits per heavy atom. The van der Waals surface area contributed by atoms with E-state index in [1.54, 1.807) is 6.07 Å². The number of fused-ring (bicyclic) bond motifs is 2. The summed E-state index contributed by atoms with van der Waals surface area (Å²) < 4.78 is 77.7. The Hall–Kier alpha value is -2.21. The maximum atomic E-state index is 14.1. The van der Waals surface area contributed by atoms with Crippen LogP contribution in [-0.2, 0) is 10.8 Å². The SMILES string of the molecule is CC(C)(C)c1cc2c(c(C(C)(C)C)c1)O[PH]1(O2)Oc2c(F)c(F)c(F)c(F)c2O1. The molecule has 2 aliphatic heterocycles. The van der Waals surface area contributed by atoms with E-state index in [4.69, 9.17) is 18.1 Å². The molecule has 0 amide bonds. The molecule has 0 aliphatic carbocycles. The van der Waals surface area contributed by atoms with E-state index in [2.05, 4.69) is 0 Å². The molecule has 2 aliphatic rings. The number of benzene rings is 2. The molecule has 0 saturated heterocycles. The first kappa shape index (κ1) is 20.1. The molecule has 0 saturated carbocycles. The van der Waals surface area contributed by atoms with Crippen molar-refractivity contribution in [2.45, 2.75) is 52.4 Å². The Bertz CT molecular complexity index is 1000. The Labute approximate surface area is 166 Å². The van der Waals surface area contributed by atoms with E-state index in [0.717, 1.165) is 11.1 Å². The van der Waals surface area contributed by atoms with Crippen molar-refractivity contribution in [3.05, 3.63) is 46.5 Å². The average molecular weight is 432 g/mol. The van der Waals surface area contributed by atoms with Crippen LogP contribution in [0.2, 0.25) is 0 Å². The summed E-state index contributed by atoms with van der Waals surface area (Å²) in [6, 6.07) is 3.72. The second kappa shape index (κ2) is 5.91. The van der Waals surface area contributed by atoms with Crippen LogP contribution in [0.25, 0.3) is 0 Å². The van der Waals surface area contributed by atoms with E-state index in [1.165, 1.54) is 0 Å². The molecule has 29 heavy (non-hydrogen) atoms. The molecular weight excluding hydrogens is 411 g/mol. The van der Waals surface area contributed by atoms with Crippen LogP contribution < -0.4 is 18.1 Å². The van der Waals surface area contributed by atoms with Gasteiger partial charge in [0.25, 0.3) is 0 Å². The van der Waals surface area contributed by atoms with Crippen molar-refractivity contribution in [3.63, 3.8) is 0 Å².